The molecule has 4 heteroatoms. The lowest BCUT2D eigenvalue weighted by Crippen LogP contribution is -2.49. The fourth-order valence-corrected chi connectivity index (χ4v) is 2.86. The number of nitrogens with zero attached hydrogens (tertiary/aromatic N) is 1. The molecule has 0 bridgehead atoms. The van der Waals surface area contributed by atoms with Gasteiger partial charge in [-0.15, -0.1) is 0 Å². The van der Waals surface area contributed by atoms with Crippen LogP contribution in [0.1, 0.15) is 31.4 Å². The Labute approximate surface area is 114 Å². The summed E-state index contributed by atoms with van der Waals surface area (Å²) in [6, 6.07) is 6.78. The normalized spacial score (nSPS) is 26.3. The minimum atomic E-state index is -0.208. The molecule has 106 valence electrons. The summed E-state index contributed by atoms with van der Waals surface area (Å²) in [6.07, 6.45) is 2.17. The molecule has 1 aromatic carbocycles. The molecule has 1 aromatic rings. The van der Waals surface area contributed by atoms with E-state index in [1.807, 2.05) is 12.1 Å². The van der Waals surface area contributed by atoms with Crippen LogP contribution in [0, 0.1) is 5.82 Å². The molecule has 1 aliphatic heterocycles. The number of halogens is 1. The van der Waals surface area contributed by atoms with Gasteiger partial charge < -0.3 is 10.5 Å². The molecule has 1 aliphatic rings. The van der Waals surface area contributed by atoms with Gasteiger partial charge in [-0.3, -0.25) is 4.90 Å². The minimum Gasteiger partial charge on any atom is -0.377 e. The first-order chi connectivity index (χ1) is 9.08. The summed E-state index contributed by atoms with van der Waals surface area (Å²) in [5.41, 5.74) is 6.90. The van der Waals surface area contributed by atoms with E-state index in [1.54, 1.807) is 7.11 Å². The lowest BCUT2D eigenvalue weighted by molar-refractivity contribution is -0.0608. The summed E-state index contributed by atoms with van der Waals surface area (Å²) in [5, 5.41) is 0. The second-order valence-corrected chi connectivity index (χ2v) is 5.53. The Morgan fingerprint density at radius 3 is 2.68 bits per heavy atom. The second kappa shape index (κ2) is 5.99. The van der Waals surface area contributed by atoms with Crippen molar-refractivity contribution in [2.45, 2.75) is 31.4 Å². The SMILES string of the molecule is COC1(C)CCCN(C(CN)c2ccc(F)cc2)C1. The molecule has 0 aliphatic carbocycles. The molecule has 0 radical (unpaired) electrons. The van der Waals surface area contributed by atoms with Gasteiger partial charge in [0, 0.05) is 26.2 Å². The topological polar surface area (TPSA) is 38.5 Å². The van der Waals surface area contributed by atoms with Gasteiger partial charge in [-0.05, 0) is 44.0 Å². The number of ether oxygens (including phenoxy) is 1. The van der Waals surface area contributed by atoms with Gasteiger partial charge in [0.2, 0.25) is 0 Å². The maximum absolute atomic E-state index is 13.0. The number of benzene rings is 1. The monoisotopic (exact) mass is 266 g/mol. The van der Waals surface area contributed by atoms with Crippen LogP contribution in [0.4, 0.5) is 4.39 Å². The van der Waals surface area contributed by atoms with E-state index in [0.717, 1.165) is 31.5 Å². The molecule has 1 heterocycles. The molecular formula is C15H23FN2O. The standard InChI is InChI=1S/C15H23FN2O/c1-15(19-2)8-3-9-18(11-15)14(10-17)12-4-6-13(16)7-5-12/h4-7,14H,3,8-11,17H2,1-2H3. The fraction of sp³-hybridized carbons (Fsp3) is 0.600. The van der Waals surface area contributed by atoms with E-state index in [2.05, 4.69) is 11.8 Å². The van der Waals surface area contributed by atoms with Crippen LogP contribution in [0.2, 0.25) is 0 Å². The van der Waals surface area contributed by atoms with Crippen LogP contribution in [0.25, 0.3) is 0 Å². The molecule has 1 fully saturated rings. The molecule has 2 N–H and O–H groups in total. The van der Waals surface area contributed by atoms with Crippen molar-refractivity contribution < 1.29 is 9.13 Å². The van der Waals surface area contributed by atoms with Crippen molar-refractivity contribution in [3.63, 3.8) is 0 Å². The lowest BCUT2D eigenvalue weighted by atomic mass is 9.92. The third kappa shape index (κ3) is 3.32. The number of rotatable bonds is 4. The maximum Gasteiger partial charge on any atom is 0.123 e. The summed E-state index contributed by atoms with van der Waals surface area (Å²) in [5.74, 6) is -0.208. The van der Waals surface area contributed by atoms with Crippen molar-refractivity contribution in [2.75, 3.05) is 26.7 Å². The van der Waals surface area contributed by atoms with Gasteiger partial charge in [0.25, 0.3) is 0 Å². The highest BCUT2D eigenvalue weighted by atomic mass is 19.1. The molecule has 2 atom stereocenters. The first-order valence-electron chi connectivity index (χ1n) is 6.83. The largest absolute Gasteiger partial charge is 0.377 e. The molecule has 2 rings (SSSR count). The Morgan fingerprint density at radius 1 is 1.42 bits per heavy atom. The summed E-state index contributed by atoms with van der Waals surface area (Å²) in [4.78, 5) is 2.35. The molecule has 0 spiro atoms. The molecule has 0 aromatic heterocycles. The van der Waals surface area contributed by atoms with Crippen molar-refractivity contribution in [2.24, 2.45) is 5.73 Å². The lowest BCUT2D eigenvalue weighted by Gasteiger charge is -2.43. The van der Waals surface area contributed by atoms with E-state index in [9.17, 15) is 4.39 Å². The predicted molar refractivity (Wildman–Crippen MR) is 74.4 cm³/mol. The average Bonchev–Trinajstić information content (AvgIpc) is 2.42. The summed E-state index contributed by atoms with van der Waals surface area (Å²) >= 11 is 0. The van der Waals surface area contributed by atoms with Crippen LogP contribution in [0.3, 0.4) is 0 Å². The zero-order chi connectivity index (χ0) is 13.9. The van der Waals surface area contributed by atoms with Gasteiger partial charge >= 0.3 is 0 Å². The number of likely N-dealkylation sites (tertiary alicyclic amines) is 1. The van der Waals surface area contributed by atoms with Gasteiger partial charge in [-0.25, -0.2) is 4.39 Å². The third-order valence-electron chi connectivity index (χ3n) is 4.10. The molecule has 0 saturated carbocycles. The van der Waals surface area contributed by atoms with E-state index in [1.165, 1.54) is 12.1 Å². The third-order valence-corrected chi connectivity index (χ3v) is 4.10. The smallest absolute Gasteiger partial charge is 0.123 e. The van der Waals surface area contributed by atoms with Gasteiger partial charge in [0.1, 0.15) is 5.82 Å². The van der Waals surface area contributed by atoms with Gasteiger partial charge in [0.15, 0.2) is 0 Å². The van der Waals surface area contributed by atoms with E-state index >= 15 is 0 Å². The van der Waals surface area contributed by atoms with E-state index in [0.29, 0.717) is 6.54 Å². The predicted octanol–water partition coefficient (Wildman–Crippen LogP) is 2.33. The van der Waals surface area contributed by atoms with Gasteiger partial charge in [0.05, 0.1) is 5.60 Å². The van der Waals surface area contributed by atoms with Crippen LogP contribution < -0.4 is 5.73 Å². The van der Waals surface area contributed by atoms with Crippen molar-refractivity contribution in [1.29, 1.82) is 0 Å². The van der Waals surface area contributed by atoms with E-state index < -0.39 is 0 Å². The van der Waals surface area contributed by atoms with Crippen molar-refractivity contribution in [1.82, 2.24) is 4.90 Å². The number of hydrogen-bond donors (Lipinski definition) is 1. The summed E-state index contributed by atoms with van der Waals surface area (Å²) < 4.78 is 18.6. The maximum atomic E-state index is 13.0. The molecule has 3 nitrogen and oxygen atoms in total. The quantitative estimate of drug-likeness (QED) is 0.909. The number of methoxy groups -OCH3 is 1. The highest BCUT2D eigenvalue weighted by molar-refractivity contribution is 5.20. The van der Waals surface area contributed by atoms with Crippen LogP contribution >= 0.6 is 0 Å². The first kappa shape index (κ1) is 14.4. The zero-order valence-electron chi connectivity index (χ0n) is 11.7. The average molecular weight is 266 g/mol. The summed E-state index contributed by atoms with van der Waals surface area (Å²) in [7, 11) is 1.76. The second-order valence-electron chi connectivity index (χ2n) is 5.53. The Bertz CT molecular complexity index is 409. The Morgan fingerprint density at radius 2 is 2.11 bits per heavy atom. The first-order valence-corrected chi connectivity index (χ1v) is 6.83. The molecule has 1 saturated heterocycles. The Hall–Kier alpha value is -0.970. The number of piperidine rings is 1. The number of hydrogen-bond acceptors (Lipinski definition) is 3. The minimum absolute atomic E-state index is 0.105. The highest BCUT2D eigenvalue weighted by Gasteiger charge is 2.33. The molecule has 19 heavy (non-hydrogen) atoms. The molecular weight excluding hydrogens is 243 g/mol. The van der Waals surface area contributed by atoms with Crippen LogP contribution in [0.15, 0.2) is 24.3 Å². The Kier molecular flexibility index (Phi) is 4.55. The van der Waals surface area contributed by atoms with E-state index in [4.69, 9.17) is 10.5 Å². The fourth-order valence-electron chi connectivity index (χ4n) is 2.86. The van der Waals surface area contributed by atoms with Crippen LogP contribution in [-0.2, 0) is 4.74 Å². The van der Waals surface area contributed by atoms with Gasteiger partial charge in [-0.1, -0.05) is 12.1 Å². The van der Waals surface area contributed by atoms with Gasteiger partial charge in [-0.2, -0.15) is 0 Å². The zero-order valence-corrected chi connectivity index (χ0v) is 11.7. The Balaban J connectivity index is 2.15. The van der Waals surface area contributed by atoms with Crippen LogP contribution in [0.5, 0.6) is 0 Å². The molecule has 2 unspecified atom stereocenters. The molecule has 0 amide bonds. The number of nitrogens with two attached hydrogens (primary N) is 1. The van der Waals surface area contributed by atoms with Crippen LogP contribution in [-0.4, -0.2) is 37.2 Å². The summed E-state index contributed by atoms with van der Waals surface area (Å²) in [6.45, 7) is 4.55. The van der Waals surface area contributed by atoms with Crippen molar-refractivity contribution in [3.05, 3.63) is 35.6 Å². The van der Waals surface area contributed by atoms with Crippen molar-refractivity contribution in [3.8, 4) is 0 Å². The van der Waals surface area contributed by atoms with Crippen molar-refractivity contribution >= 4 is 0 Å². The highest BCUT2D eigenvalue weighted by Crippen LogP contribution is 2.30. The van der Waals surface area contributed by atoms with E-state index in [-0.39, 0.29) is 17.5 Å².